The van der Waals surface area contributed by atoms with Gasteiger partial charge < -0.3 is 19.2 Å². The first-order valence-corrected chi connectivity index (χ1v) is 11.4. The van der Waals surface area contributed by atoms with Crippen LogP contribution < -0.4 is 14.8 Å². The van der Waals surface area contributed by atoms with E-state index in [-0.39, 0.29) is 0 Å². The van der Waals surface area contributed by atoms with Crippen LogP contribution >= 0.6 is 23.2 Å². The fraction of sp³-hybridized carbons (Fsp3) is 0.0370. The second-order valence-corrected chi connectivity index (χ2v) is 8.35. The van der Waals surface area contributed by atoms with E-state index in [2.05, 4.69) is 10.3 Å². The third-order valence-electron chi connectivity index (χ3n) is 5.00. The monoisotopic (exact) mass is 504 g/mol. The predicted octanol–water partition coefficient (Wildman–Crippen LogP) is 7.22. The van der Waals surface area contributed by atoms with Gasteiger partial charge in [-0.15, -0.1) is 0 Å². The molecular weight excluding hydrogens is 487 g/mol. The summed E-state index contributed by atoms with van der Waals surface area (Å²) in [4.78, 5) is 17.6. The van der Waals surface area contributed by atoms with Gasteiger partial charge in [0, 0.05) is 10.7 Å². The molecule has 0 radical (unpaired) electrons. The molecule has 1 amide bonds. The number of rotatable bonds is 7. The molecule has 1 N–H and O–H groups in total. The number of ether oxygens (including phenoxy) is 2. The summed E-state index contributed by atoms with van der Waals surface area (Å²) in [6, 6.07) is 28.1. The molecule has 5 aromatic rings. The highest BCUT2D eigenvalue weighted by Crippen LogP contribution is 2.33. The Bertz CT molecular complexity index is 1430. The van der Waals surface area contributed by atoms with Crippen molar-refractivity contribution in [2.75, 3.05) is 5.32 Å². The molecule has 0 atom stereocenters. The topological polar surface area (TPSA) is 73.6 Å². The molecule has 5 rings (SSSR count). The lowest BCUT2D eigenvalue weighted by molar-refractivity contribution is -0.134. The summed E-state index contributed by atoms with van der Waals surface area (Å²) in [7, 11) is 0. The number of hydrogen-bond acceptors (Lipinski definition) is 5. The number of aromatic nitrogens is 1. The van der Waals surface area contributed by atoms with Crippen molar-refractivity contribution in [1.82, 2.24) is 4.98 Å². The van der Waals surface area contributed by atoms with E-state index < -0.39 is 12.2 Å². The Kier molecular flexibility index (Phi) is 6.57. The Labute approximate surface area is 211 Å². The van der Waals surface area contributed by atoms with Crippen molar-refractivity contribution >= 4 is 45.9 Å². The standard InChI is InChI=1S/C27H18Cl2N2O4/c28-17-11-13-22(29)21(15-17)26-31-23-16-18(12-14-24(23)35-26)30-25(32)27(33-19-7-3-1-4-8-19)34-20-9-5-2-6-10-20/h1-16,27H,(H,30,32). The van der Waals surface area contributed by atoms with Gasteiger partial charge in [0.1, 0.15) is 17.0 Å². The smallest absolute Gasteiger partial charge is 0.321 e. The minimum Gasteiger partial charge on any atom is -0.446 e. The highest BCUT2D eigenvalue weighted by molar-refractivity contribution is 6.35. The lowest BCUT2D eigenvalue weighted by Gasteiger charge is -2.20. The van der Waals surface area contributed by atoms with E-state index in [9.17, 15) is 4.79 Å². The Balaban J connectivity index is 1.39. The molecule has 4 aromatic carbocycles. The van der Waals surface area contributed by atoms with Crippen LogP contribution in [-0.2, 0) is 4.79 Å². The third-order valence-corrected chi connectivity index (χ3v) is 5.57. The van der Waals surface area contributed by atoms with Gasteiger partial charge in [0.05, 0.1) is 10.6 Å². The van der Waals surface area contributed by atoms with Gasteiger partial charge in [0.15, 0.2) is 5.58 Å². The zero-order valence-electron chi connectivity index (χ0n) is 18.2. The van der Waals surface area contributed by atoms with Gasteiger partial charge in [-0.2, -0.15) is 0 Å². The van der Waals surface area contributed by atoms with Crippen LogP contribution in [0, 0.1) is 0 Å². The van der Waals surface area contributed by atoms with Crippen molar-refractivity contribution < 1.29 is 18.7 Å². The van der Waals surface area contributed by atoms with Gasteiger partial charge in [-0.3, -0.25) is 4.79 Å². The summed E-state index contributed by atoms with van der Waals surface area (Å²) >= 11 is 12.4. The first-order chi connectivity index (χ1) is 17.0. The first-order valence-electron chi connectivity index (χ1n) is 10.7. The molecule has 0 bridgehead atoms. The fourth-order valence-corrected chi connectivity index (χ4v) is 3.73. The highest BCUT2D eigenvalue weighted by Gasteiger charge is 2.23. The molecule has 8 heteroatoms. The van der Waals surface area contributed by atoms with E-state index >= 15 is 0 Å². The number of carbonyl (C=O) groups is 1. The van der Waals surface area contributed by atoms with Crippen molar-refractivity contribution in [3.63, 3.8) is 0 Å². The summed E-state index contributed by atoms with van der Waals surface area (Å²) in [5.41, 5.74) is 2.15. The van der Waals surface area contributed by atoms with E-state index in [0.29, 0.717) is 49.8 Å². The van der Waals surface area contributed by atoms with Crippen LogP contribution in [-0.4, -0.2) is 17.2 Å². The molecule has 174 valence electrons. The third kappa shape index (κ3) is 5.40. The number of carbonyl (C=O) groups excluding carboxylic acids is 1. The summed E-state index contributed by atoms with van der Waals surface area (Å²) < 4.78 is 17.5. The highest BCUT2D eigenvalue weighted by atomic mass is 35.5. The number of oxazole rings is 1. The number of amides is 1. The lowest BCUT2D eigenvalue weighted by Crippen LogP contribution is -2.38. The summed E-state index contributed by atoms with van der Waals surface area (Å²) in [6.07, 6.45) is -1.23. The maximum absolute atomic E-state index is 13.1. The second kappa shape index (κ2) is 10.1. The quantitative estimate of drug-likeness (QED) is 0.236. The van der Waals surface area contributed by atoms with E-state index in [0.717, 1.165) is 0 Å². The summed E-state index contributed by atoms with van der Waals surface area (Å²) in [6.45, 7) is 0. The molecule has 35 heavy (non-hydrogen) atoms. The number of nitrogens with zero attached hydrogens (tertiary/aromatic N) is 1. The van der Waals surface area contributed by atoms with Crippen molar-refractivity contribution in [3.05, 3.63) is 107 Å². The number of anilines is 1. The van der Waals surface area contributed by atoms with Crippen LogP contribution in [0.4, 0.5) is 5.69 Å². The van der Waals surface area contributed by atoms with Crippen LogP contribution in [0.15, 0.2) is 101 Å². The molecule has 0 unspecified atom stereocenters. The van der Waals surface area contributed by atoms with E-state index in [4.69, 9.17) is 37.1 Å². The Morgan fingerprint density at radius 3 is 2.14 bits per heavy atom. The predicted molar refractivity (Wildman–Crippen MR) is 136 cm³/mol. The molecule has 0 aliphatic carbocycles. The van der Waals surface area contributed by atoms with Gasteiger partial charge in [0.2, 0.25) is 5.89 Å². The summed E-state index contributed by atoms with van der Waals surface area (Å²) in [5.74, 6) is 0.837. The number of nitrogens with one attached hydrogen (secondary N) is 1. The van der Waals surface area contributed by atoms with Gasteiger partial charge >= 0.3 is 12.2 Å². The largest absolute Gasteiger partial charge is 0.446 e. The fourth-order valence-electron chi connectivity index (χ4n) is 3.36. The number of benzene rings is 4. The van der Waals surface area contributed by atoms with E-state index in [1.165, 1.54) is 0 Å². The Morgan fingerprint density at radius 2 is 1.49 bits per heavy atom. The summed E-state index contributed by atoms with van der Waals surface area (Å²) in [5, 5.41) is 3.81. The SMILES string of the molecule is O=C(Nc1ccc2oc(-c3cc(Cl)ccc3Cl)nc2c1)C(Oc1ccccc1)Oc1ccccc1. The molecular formula is C27H18Cl2N2O4. The van der Waals surface area contributed by atoms with Gasteiger partial charge in [-0.1, -0.05) is 59.6 Å². The average molecular weight is 505 g/mol. The van der Waals surface area contributed by atoms with Gasteiger partial charge in [-0.25, -0.2) is 4.98 Å². The lowest BCUT2D eigenvalue weighted by atomic mass is 10.2. The minimum absolute atomic E-state index is 0.327. The van der Waals surface area contributed by atoms with E-state index in [1.807, 2.05) is 36.4 Å². The minimum atomic E-state index is -1.23. The molecule has 0 saturated carbocycles. The molecule has 0 aliphatic heterocycles. The zero-order chi connectivity index (χ0) is 24.2. The number of para-hydroxylation sites is 2. The van der Waals surface area contributed by atoms with Crippen LogP contribution in [0.25, 0.3) is 22.6 Å². The van der Waals surface area contributed by atoms with Crippen LogP contribution in [0.3, 0.4) is 0 Å². The molecule has 6 nitrogen and oxygen atoms in total. The van der Waals surface area contributed by atoms with Gasteiger partial charge in [-0.05, 0) is 60.7 Å². The Morgan fingerprint density at radius 1 is 0.829 bits per heavy atom. The number of hydrogen-bond donors (Lipinski definition) is 1. The second-order valence-electron chi connectivity index (χ2n) is 7.51. The zero-order valence-corrected chi connectivity index (χ0v) is 19.7. The van der Waals surface area contributed by atoms with Crippen molar-refractivity contribution in [2.24, 2.45) is 0 Å². The first kappa shape index (κ1) is 22.8. The van der Waals surface area contributed by atoms with Gasteiger partial charge in [0.25, 0.3) is 0 Å². The van der Waals surface area contributed by atoms with E-state index in [1.54, 1.807) is 60.7 Å². The van der Waals surface area contributed by atoms with Crippen LogP contribution in [0.1, 0.15) is 0 Å². The Hall–Kier alpha value is -4.00. The molecule has 1 aromatic heterocycles. The molecule has 0 spiro atoms. The molecule has 1 heterocycles. The maximum Gasteiger partial charge on any atom is 0.321 e. The molecule has 0 saturated heterocycles. The van der Waals surface area contributed by atoms with Crippen molar-refractivity contribution in [3.8, 4) is 23.0 Å². The van der Waals surface area contributed by atoms with Crippen molar-refractivity contribution in [2.45, 2.75) is 6.29 Å². The molecule has 0 fully saturated rings. The molecule has 0 aliphatic rings. The number of fused-ring (bicyclic) bond motifs is 1. The van der Waals surface area contributed by atoms with Crippen LogP contribution in [0.5, 0.6) is 11.5 Å². The normalized spacial score (nSPS) is 10.9. The number of halogens is 2. The van der Waals surface area contributed by atoms with Crippen LogP contribution in [0.2, 0.25) is 10.0 Å². The maximum atomic E-state index is 13.1. The van der Waals surface area contributed by atoms with Crippen molar-refractivity contribution in [1.29, 1.82) is 0 Å². The average Bonchev–Trinajstić information content (AvgIpc) is 3.29.